The number of ether oxygens (including phenoxy) is 3. The number of hydrogen-bond acceptors (Lipinski definition) is 3. The van der Waals surface area contributed by atoms with Crippen LogP contribution in [0.3, 0.4) is 0 Å². The van der Waals surface area contributed by atoms with Gasteiger partial charge in [-0.25, -0.2) is 0 Å². The van der Waals surface area contributed by atoms with Crippen molar-refractivity contribution in [2.45, 2.75) is 19.6 Å². The molecule has 3 heteroatoms. The van der Waals surface area contributed by atoms with Gasteiger partial charge in [-0.1, -0.05) is 37.3 Å². The van der Waals surface area contributed by atoms with Crippen LogP contribution >= 0.6 is 0 Å². The molecule has 1 saturated heterocycles. The molecule has 0 aliphatic carbocycles. The van der Waals surface area contributed by atoms with Crippen molar-refractivity contribution in [2.24, 2.45) is 5.41 Å². The SMILES string of the molecule is CCC1(COC(OC)c2ccccc2)COC1. The Bertz CT molecular complexity index is 327. The minimum Gasteiger partial charge on any atom is -0.380 e. The fourth-order valence-electron chi connectivity index (χ4n) is 1.94. The third-order valence-electron chi connectivity index (χ3n) is 3.39. The van der Waals surface area contributed by atoms with Crippen molar-refractivity contribution < 1.29 is 14.2 Å². The lowest BCUT2D eigenvalue weighted by Crippen LogP contribution is -2.46. The molecule has 1 fully saturated rings. The van der Waals surface area contributed by atoms with Crippen LogP contribution in [0, 0.1) is 5.41 Å². The quantitative estimate of drug-likeness (QED) is 0.711. The van der Waals surface area contributed by atoms with E-state index in [1.54, 1.807) is 7.11 Å². The highest BCUT2D eigenvalue weighted by atomic mass is 16.7. The Morgan fingerprint density at radius 3 is 2.47 bits per heavy atom. The van der Waals surface area contributed by atoms with E-state index < -0.39 is 0 Å². The van der Waals surface area contributed by atoms with E-state index in [-0.39, 0.29) is 11.7 Å². The molecule has 0 amide bonds. The van der Waals surface area contributed by atoms with Gasteiger partial charge in [0.15, 0.2) is 6.29 Å². The van der Waals surface area contributed by atoms with Gasteiger partial charge < -0.3 is 14.2 Å². The molecule has 1 aliphatic heterocycles. The molecular formula is C14H20O3. The van der Waals surface area contributed by atoms with E-state index in [9.17, 15) is 0 Å². The van der Waals surface area contributed by atoms with Crippen LogP contribution in [0.4, 0.5) is 0 Å². The number of methoxy groups -OCH3 is 1. The lowest BCUT2D eigenvalue weighted by Gasteiger charge is -2.41. The molecule has 1 unspecified atom stereocenters. The summed E-state index contributed by atoms with van der Waals surface area (Å²) in [5.41, 5.74) is 1.26. The highest BCUT2D eigenvalue weighted by Gasteiger charge is 2.37. The molecule has 1 atom stereocenters. The van der Waals surface area contributed by atoms with Crippen LogP contribution in [0.1, 0.15) is 25.2 Å². The zero-order chi connectivity index (χ0) is 12.1. The Balaban J connectivity index is 1.92. The van der Waals surface area contributed by atoms with E-state index in [1.807, 2.05) is 30.3 Å². The third kappa shape index (κ3) is 2.86. The summed E-state index contributed by atoms with van der Waals surface area (Å²) in [6.45, 7) is 4.47. The molecule has 1 aromatic rings. The van der Waals surface area contributed by atoms with Gasteiger partial charge in [0.1, 0.15) is 0 Å². The van der Waals surface area contributed by atoms with Crippen molar-refractivity contribution in [3.05, 3.63) is 35.9 Å². The van der Waals surface area contributed by atoms with Crippen molar-refractivity contribution in [3.8, 4) is 0 Å². The number of hydrogen-bond donors (Lipinski definition) is 0. The van der Waals surface area contributed by atoms with Crippen molar-refractivity contribution in [1.82, 2.24) is 0 Å². The Labute approximate surface area is 103 Å². The van der Waals surface area contributed by atoms with Crippen molar-refractivity contribution >= 4 is 0 Å². The van der Waals surface area contributed by atoms with Crippen LogP contribution in [-0.4, -0.2) is 26.9 Å². The van der Waals surface area contributed by atoms with Crippen molar-refractivity contribution in [2.75, 3.05) is 26.9 Å². The molecule has 2 rings (SSSR count). The highest BCUT2D eigenvalue weighted by Crippen LogP contribution is 2.33. The van der Waals surface area contributed by atoms with Crippen molar-refractivity contribution in [3.63, 3.8) is 0 Å². The van der Waals surface area contributed by atoms with E-state index in [0.29, 0.717) is 6.61 Å². The van der Waals surface area contributed by atoms with Crippen LogP contribution in [0.15, 0.2) is 30.3 Å². The largest absolute Gasteiger partial charge is 0.380 e. The maximum absolute atomic E-state index is 5.87. The van der Waals surface area contributed by atoms with Crippen LogP contribution in [0.2, 0.25) is 0 Å². The Morgan fingerprint density at radius 2 is 2.00 bits per heavy atom. The number of rotatable bonds is 6. The van der Waals surface area contributed by atoms with Gasteiger partial charge in [-0.3, -0.25) is 0 Å². The highest BCUT2D eigenvalue weighted by molar-refractivity contribution is 5.15. The molecule has 3 nitrogen and oxygen atoms in total. The monoisotopic (exact) mass is 236 g/mol. The molecule has 0 bridgehead atoms. The van der Waals surface area contributed by atoms with Gasteiger partial charge in [0.25, 0.3) is 0 Å². The second-order valence-corrected chi connectivity index (χ2v) is 4.64. The molecular weight excluding hydrogens is 216 g/mol. The maximum atomic E-state index is 5.87. The second kappa shape index (κ2) is 5.63. The van der Waals surface area contributed by atoms with Crippen LogP contribution in [0.25, 0.3) is 0 Å². The van der Waals surface area contributed by atoms with Gasteiger partial charge in [-0.15, -0.1) is 0 Å². The maximum Gasteiger partial charge on any atom is 0.183 e. The topological polar surface area (TPSA) is 27.7 Å². The molecule has 0 N–H and O–H groups in total. The van der Waals surface area contributed by atoms with Gasteiger partial charge in [0.05, 0.1) is 19.8 Å². The third-order valence-corrected chi connectivity index (χ3v) is 3.39. The van der Waals surface area contributed by atoms with E-state index in [1.165, 1.54) is 0 Å². The second-order valence-electron chi connectivity index (χ2n) is 4.64. The lowest BCUT2D eigenvalue weighted by atomic mass is 9.84. The summed E-state index contributed by atoms with van der Waals surface area (Å²) in [6, 6.07) is 10.0. The fraction of sp³-hybridized carbons (Fsp3) is 0.571. The summed E-state index contributed by atoms with van der Waals surface area (Å²) in [5, 5.41) is 0. The van der Waals surface area contributed by atoms with Gasteiger partial charge >= 0.3 is 0 Å². The summed E-state index contributed by atoms with van der Waals surface area (Å²) in [7, 11) is 1.67. The Hall–Kier alpha value is -0.900. The molecule has 17 heavy (non-hydrogen) atoms. The Kier molecular flexibility index (Phi) is 4.15. The summed E-state index contributed by atoms with van der Waals surface area (Å²) >= 11 is 0. The predicted octanol–water partition coefficient (Wildman–Crippen LogP) is 2.77. The standard InChI is InChI=1S/C14H20O3/c1-3-14(9-16-10-14)11-17-13(15-2)12-7-5-4-6-8-12/h4-8,13H,3,9-11H2,1-2H3. The van der Waals surface area contributed by atoms with Crippen LogP contribution in [-0.2, 0) is 14.2 Å². The first kappa shape index (κ1) is 12.6. The first-order valence-electron chi connectivity index (χ1n) is 6.07. The molecule has 1 aliphatic rings. The summed E-state index contributed by atoms with van der Waals surface area (Å²) in [5.74, 6) is 0. The van der Waals surface area contributed by atoms with E-state index in [0.717, 1.165) is 25.2 Å². The predicted molar refractivity (Wildman–Crippen MR) is 65.7 cm³/mol. The zero-order valence-electron chi connectivity index (χ0n) is 10.5. The molecule has 0 aromatic heterocycles. The summed E-state index contributed by atoms with van der Waals surface area (Å²) in [6.07, 6.45) is 0.804. The van der Waals surface area contributed by atoms with Crippen LogP contribution < -0.4 is 0 Å². The zero-order valence-corrected chi connectivity index (χ0v) is 10.5. The van der Waals surface area contributed by atoms with Gasteiger partial charge in [-0.2, -0.15) is 0 Å². The average Bonchev–Trinajstić information content (AvgIpc) is 2.34. The van der Waals surface area contributed by atoms with Crippen molar-refractivity contribution in [1.29, 1.82) is 0 Å². The molecule has 1 aromatic carbocycles. The summed E-state index contributed by atoms with van der Waals surface area (Å²) < 4.78 is 16.5. The molecule has 0 spiro atoms. The number of benzene rings is 1. The molecule has 1 heterocycles. The van der Waals surface area contributed by atoms with E-state index >= 15 is 0 Å². The van der Waals surface area contributed by atoms with E-state index in [2.05, 4.69) is 6.92 Å². The minimum atomic E-state index is -0.278. The van der Waals surface area contributed by atoms with Gasteiger partial charge in [0.2, 0.25) is 0 Å². The fourth-order valence-corrected chi connectivity index (χ4v) is 1.94. The molecule has 94 valence electrons. The minimum absolute atomic E-state index is 0.200. The lowest BCUT2D eigenvalue weighted by molar-refractivity contribution is -0.203. The van der Waals surface area contributed by atoms with Crippen LogP contribution in [0.5, 0.6) is 0 Å². The average molecular weight is 236 g/mol. The molecule has 0 radical (unpaired) electrons. The first-order chi connectivity index (χ1) is 8.29. The smallest absolute Gasteiger partial charge is 0.183 e. The van der Waals surface area contributed by atoms with E-state index in [4.69, 9.17) is 14.2 Å². The molecule has 0 saturated carbocycles. The van der Waals surface area contributed by atoms with Gasteiger partial charge in [-0.05, 0) is 6.42 Å². The van der Waals surface area contributed by atoms with Gasteiger partial charge in [0, 0.05) is 18.1 Å². The summed E-state index contributed by atoms with van der Waals surface area (Å²) in [4.78, 5) is 0. The first-order valence-corrected chi connectivity index (χ1v) is 6.07. The normalized spacial score (nSPS) is 19.6. The Morgan fingerprint density at radius 1 is 1.29 bits per heavy atom.